The van der Waals surface area contributed by atoms with Crippen LogP contribution in [0.15, 0.2) is 18.6 Å². The van der Waals surface area contributed by atoms with E-state index in [0.29, 0.717) is 18.8 Å². The van der Waals surface area contributed by atoms with Gasteiger partial charge in [0, 0.05) is 32.2 Å². The molecule has 5 heteroatoms. The van der Waals surface area contributed by atoms with Crippen molar-refractivity contribution in [3.05, 3.63) is 24.3 Å². The number of ether oxygens (including phenoxy) is 1. The van der Waals surface area contributed by atoms with Gasteiger partial charge in [0.25, 0.3) is 5.91 Å². The minimum absolute atomic E-state index is 0.188. The van der Waals surface area contributed by atoms with Gasteiger partial charge in [-0.1, -0.05) is 13.3 Å². The van der Waals surface area contributed by atoms with Crippen LogP contribution in [0.2, 0.25) is 0 Å². The third-order valence-corrected chi connectivity index (χ3v) is 2.19. The molecule has 94 valence electrons. The minimum Gasteiger partial charge on any atom is -0.381 e. The molecule has 0 saturated carbocycles. The lowest BCUT2D eigenvalue weighted by molar-refractivity contribution is 0.0935. The maximum absolute atomic E-state index is 11.5. The second-order valence-corrected chi connectivity index (χ2v) is 3.67. The fourth-order valence-electron chi connectivity index (χ4n) is 1.23. The van der Waals surface area contributed by atoms with Crippen LogP contribution in [0, 0.1) is 0 Å². The van der Waals surface area contributed by atoms with Crippen LogP contribution in [0.3, 0.4) is 0 Å². The van der Waals surface area contributed by atoms with Crippen molar-refractivity contribution in [2.45, 2.75) is 26.2 Å². The van der Waals surface area contributed by atoms with Gasteiger partial charge in [-0.15, -0.1) is 0 Å². The molecule has 0 unspecified atom stereocenters. The molecule has 0 bridgehead atoms. The molecule has 1 rings (SSSR count). The fraction of sp³-hybridized carbons (Fsp3) is 0.583. The van der Waals surface area contributed by atoms with Crippen LogP contribution in [0.25, 0.3) is 0 Å². The molecular formula is C12H19N3O2. The summed E-state index contributed by atoms with van der Waals surface area (Å²) in [4.78, 5) is 19.3. The molecular weight excluding hydrogens is 218 g/mol. The molecule has 0 aliphatic carbocycles. The van der Waals surface area contributed by atoms with Crippen molar-refractivity contribution in [2.75, 3.05) is 19.8 Å². The van der Waals surface area contributed by atoms with E-state index in [2.05, 4.69) is 22.2 Å². The Bertz CT molecular complexity index is 317. The van der Waals surface area contributed by atoms with E-state index in [1.165, 1.54) is 12.4 Å². The third-order valence-electron chi connectivity index (χ3n) is 2.19. The molecule has 1 aromatic heterocycles. The Balaban J connectivity index is 2.05. The number of aromatic nitrogens is 2. The molecule has 0 aliphatic rings. The molecule has 0 fully saturated rings. The summed E-state index contributed by atoms with van der Waals surface area (Å²) in [5.74, 6) is -0.188. The second-order valence-electron chi connectivity index (χ2n) is 3.67. The molecule has 1 amide bonds. The summed E-state index contributed by atoms with van der Waals surface area (Å²) >= 11 is 0. The lowest BCUT2D eigenvalue weighted by atomic mass is 10.3. The van der Waals surface area contributed by atoms with Gasteiger partial charge in [0.05, 0.1) is 6.20 Å². The van der Waals surface area contributed by atoms with Gasteiger partial charge in [0.1, 0.15) is 5.69 Å². The van der Waals surface area contributed by atoms with E-state index in [1.807, 2.05) is 0 Å². The summed E-state index contributed by atoms with van der Waals surface area (Å²) in [5, 5.41) is 2.77. The normalized spacial score (nSPS) is 10.2. The van der Waals surface area contributed by atoms with E-state index in [4.69, 9.17) is 4.74 Å². The Morgan fingerprint density at radius 3 is 2.88 bits per heavy atom. The molecule has 1 aromatic rings. The third kappa shape index (κ3) is 5.97. The second kappa shape index (κ2) is 8.64. The summed E-state index contributed by atoms with van der Waals surface area (Å²) in [6.07, 6.45) is 7.54. The Hall–Kier alpha value is -1.49. The topological polar surface area (TPSA) is 64.1 Å². The molecule has 0 radical (unpaired) electrons. The average Bonchev–Trinajstić information content (AvgIpc) is 2.38. The first-order valence-electron chi connectivity index (χ1n) is 5.96. The summed E-state index contributed by atoms with van der Waals surface area (Å²) < 4.78 is 5.38. The van der Waals surface area contributed by atoms with Crippen molar-refractivity contribution in [2.24, 2.45) is 0 Å². The lowest BCUT2D eigenvalue weighted by Gasteiger charge is -2.05. The van der Waals surface area contributed by atoms with Gasteiger partial charge in [-0.2, -0.15) is 0 Å². The molecule has 1 heterocycles. The van der Waals surface area contributed by atoms with E-state index in [9.17, 15) is 4.79 Å². The van der Waals surface area contributed by atoms with Gasteiger partial charge in [0.2, 0.25) is 0 Å². The van der Waals surface area contributed by atoms with Crippen LogP contribution in [0.5, 0.6) is 0 Å². The van der Waals surface area contributed by atoms with Gasteiger partial charge < -0.3 is 10.1 Å². The number of carbonyl (C=O) groups excluding carboxylic acids is 1. The number of nitrogens with one attached hydrogen (secondary N) is 1. The highest BCUT2D eigenvalue weighted by Gasteiger charge is 2.04. The molecule has 5 nitrogen and oxygen atoms in total. The Labute approximate surface area is 102 Å². The fourth-order valence-corrected chi connectivity index (χ4v) is 1.23. The standard InChI is InChI=1S/C12H19N3O2/c1-2-3-8-17-9-4-5-15-12(16)11-10-13-6-7-14-11/h6-7,10H,2-5,8-9H2,1H3,(H,15,16). The number of amides is 1. The van der Waals surface area contributed by atoms with Crippen molar-refractivity contribution in [1.29, 1.82) is 0 Å². The number of rotatable bonds is 8. The molecule has 0 spiro atoms. The number of carbonyl (C=O) groups is 1. The maximum Gasteiger partial charge on any atom is 0.271 e. The zero-order chi connectivity index (χ0) is 12.3. The van der Waals surface area contributed by atoms with Gasteiger partial charge >= 0.3 is 0 Å². The summed E-state index contributed by atoms with van der Waals surface area (Å²) in [6.45, 7) is 4.21. The Morgan fingerprint density at radius 1 is 1.35 bits per heavy atom. The molecule has 0 saturated heterocycles. The maximum atomic E-state index is 11.5. The average molecular weight is 237 g/mol. The minimum atomic E-state index is -0.188. The first-order valence-corrected chi connectivity index (χ1v) is 5.96. The molecule has 0 aromatic carbocycles. The highest BCUT2D eigenvalue weighted by molar-refractivity contribution is 5.91. The monoisotopic (exact) mass is 237 g/mol. The Morgan fingerprint density at radius 2 is 2.18 bits per heavy atom. The van der Waals surface area contributed by atoms with Crippen LogP contribution in [-0.4, -0.2) is 35.6 Å². The SMILES string of the molecule is CCCCOCCCNC(=O)c1cnccn1. The zero-order valence-electron chi connectivity index (χ0n) is 10.2. The van der Waals surface area contributed by atoms with Crippen LogP contribution in [0.4, 0.5) is 0 Å². The van der Waals surface area contributed by atoms with Crippen molar-refractivity contribution in [3.63, 3.8) is 0 Å². The van der Waals surface area contributed by atoms with Crippen LogP contribution < -0.4 is 5.32 Å². The van der Waals surface area contributed by atoms with Crippen LogP contribution in [0.1, 0.15) is 36.7 Å². The lowest BCUT2D eigenvalue weighted by Crippen LogP contribution is -2.26. The van der Waals surface area contributed by atoms with Gasteiger partial charge in [-0.05, 0) is 12.8 Å². The number of unbranched alkanes of at least 4 members (excludes halogenated alkanes) is 1. The van der Waals surface area contributed by atoms with E-state index >= 15 is 0 Å². The van der Waals surface area contributed by atoms with Crippen molar-refractivity contribution < 1.29 is 9.53 Å². The van der Waals surface area contributed by atoms with Crippen LogP contribution >= 0.6 is 0 Å². The summed E-state index contributed by atoms with van der Waals surface area (Å²) in [6, 6.07) is 0. The highest BCUT2D eigenvalue weighted by Crippen LogP contribution is 1.91. The molecule has 1 N–H and O–H groups in total. The predicted octanol–water partition coefficient (Wildman–Crippen LogP) is 1.41. The number of nitrogens with zero attached hydrogens (tertiary/aromatic N) is 2. The van der Waals surface area contributed by atoms with Crippen molar-refractivity contribution in [1.82, 2.24) is 15.3 Å². The molecule has 0 aliphatic heterocycles. The van der Waals surface area contributed by atoms with E-state index in [0.717, 1.165) is 25.9 Å². The number of hydrogen-bond acceptors (Lipinski definition) is 4. The van der Waals surface area contributed by atoms with Crippen molar-refractivity contribution >= 4 is 5.91 Å². The smallest absolute Gasteiger partial charge is 0.271 e. The van der Waals surface area contributed by atoms with Crippen LogP contribution in [-0.2, 0) is 4.74 Å². The summed E-state index contributed by atoms with van der Waals surface area (Å²) in [7, 11) is 0. The molecule has 17 heavy (non-hydrogen) atoms. The van der Waals surface area contributed by atoms with E-state index in [1.54, 1.807) is 6.20 Å². The highest BCUT2D eigenvalue weighted by atomic mass is 16.5. The van der Waals surface area contributed by atoms with E-state index < -0.39 is 0 Å². The van der Waals surface area contributed by atoms with Crippen molar-refractivity contribution in [3.8, 4) is 0 Å². The summed E-state index contributed by atoms with van der Waals surface area (Å²) in [5.41, 5.74) is 0.347. The van der Waals surface area contributed by atoms with Gasteiger partial charge in [-0.3, -0.25) is 9.78 Å². The van der Waals surface area contributed by atoms with Gasteiger partial charge in [0.15, 0.2) is 0 Å². The number of hydrogen-bond donors (Lipinski definition) is 1. The first-order chi connectivity index (χ1) is 8.34. The zero-order valence-corrected chi connectivity index (χ0v) is 10.2. The predicted molar refractivity (Wildman–Crippen MR) is 64.7 cm³/mol. The van der Waals surface area contributed by atoms with E-state index in [-0.39, 0.29) is 5.91 Å². The molecule has 0 atom stereocenters. The quantitative estimate of drug-likeness (QED) is 0.694. The largest absolute Gasteiger partial charge is 0.381 e. The first kappa shape index (κ1) is 13.6. The van der Waals surface area contributed by atoms with Gasteiger partial charge in [-0.25, -0.2) is 4.98 Å². The Kier molecular flexibility index (Phi) is 6.90.